The van der Waals surface area contributed by atoms with Gasteiger partial charge in [0, 0.05) is 24.4 Å². The second-order valence-corrected chi connectivity index (χ2v) is 6.12. The van der Waals surface area contributed by atoms with Gasteiger partial charge in [-0.25, -0.2) is 4.79 Å². The zero-order chi connectivity index (χ0) is 17.2. The number of nitrogens with one attached hydrogen (secondary N) is 1. The molecule has 23 heavy (non-hydrogen) atoms. The van der Waals surface area contributed by atoms with Crippen LogP contribution in [0.4, 0.5) is 16.3 Å². The molecule has 0 radical (unpaired) electrons. The number of carbonyl (C=O) groups is 1. The van der Waals surface area contributed by atoms with Crippen LogP contribution in [0.3, 0.4) is 0 Å². The number of aryl methyl sites for hydroxylation is 1. The van der Waals surface area contributed by atoms with Crippen LogP contribution in [0.1, 0.15) is 20.8 Å². The highest BCUT2D eigenvalue weighted by Crippen LogP contribution is 2.32. The van der Waals surface area contributed by atoms with Crippen molar-refractivity contribution >= 4 is 17.6 Å². The van der Waals surface area contributed by atoms with Crippen molar-refractivity contribution in [3.8, 4) is 17.0 Å². The molecule has 0 aliphatic carbocycles. The van der Waals surface area contributed by atoms with Crippen molar-refractivity contribution in [2.24, 2.45) is 7.05 Å². The summed E-state index contributed by atoms with van der Waals surface area (Å²) < 4.78 is 12.2. The summed E-state index contributed by atoms with van der Waals surface area (Å²) >= 11 is 0. The summed E-state index contributed by atoms with van der Waals surface area (Å²) in [6.07, 6.45) is -0.519. The summed E-state index contributed by atoms with van der Waals surface area (Å²) in [4.78, 5) is 11.9. The fourth-order valence-corrected chi connectivity index (χ4v) is 2.02. The van der Waals surface area contributed by atoms with E-state index in [4.69, 9.17) is 15.2 Å². The smallest absolute Gasteiger partial charge is 0.412 e. The van der Waals surface area contributed by atoms with Crippen molar-refractivity contribution in [2.75, 3.05) is 18.2 Å². The van der Waals surface area contributed by atoms with E-state index >= 15 is 0 Å². The van der Waals surface area contributed by atoms with Crippen molar-refractivity contribution in [2.45, 2.75) is 26.4 Å². The lowest BCUT2D eigenvalue weighted by Gasteiger charge is -2.20. The van der Waals surface area contributed by atoms with E-state index in [-0.39, 0.29) is 0 Å². The highest BCUT2D eigenvalue weighted by Gasteiger charge is 2.17. The lowest BCUT2D eigenvalue weighted by atomic mass is 10.1. The Labute approximate surface area is 135 Å². The maximum Gasteiger partial charge on any atom is 0.412 e. The number of methoxy groups -OCH3 is 1. The number of ether oxygens (including phenoxy) is 2. The number of nitrogens with two attached hydrogens (primary N) is 1. The molecule has 0 unspecified atom stereocenters. The van der Waals surface area contributed by atoms with Gasteiger partial charge in [0.25, 0.3) is 0 Å². The molecule has 1 heterocycles. The third-order valence-electron chi connectivity index (χ3n) is 3.04. The molecular formula is C16H22N4O3. The van der Waals surface area contributed by atoms with Crippen molar-refractivity contribution in [1.82, 2.24) is 9.78 Å². The lowest BCUT2D eigenvalue weighted by Crippen LogP contribution is -2.27. The number of nitrogens with zero attached hydrogens (tertiary/aromatic N) is 2. The number of benzene rings is 1. The molecule has 0 bridgehead atoms. The number of carbonyl (C=O) groups excluding carboxylic acids is 1. The SMILES string of the molecule is COc1ccc(NC(=O)OC(C)(C)C)cc1-c1cc(N)n(C)n1. The van der Waals surface area contributed by atoms with E-state index in [1.54, 1.807) is 43.1 Å². The Kier molecular flexibility index (Phi) is 4.49. The summed E-state index contributed by atoms with van der Waals surface area (Å²) in [5.41, 5.74) is 7.24. The summed E-state index contributed by atoms with van der Waals surface area (Å²) in [7, 11) is 3.33. The number of hydrogen-bond acceptors (Lipinski definition) is 5. The number of anilines is 2. The maximum absolute atomic E-state index is 11.9. The highest BCUT2D eigenvalue weighted by molar-refractivity contribution is 5.87. The van der Waals surface area contributed by atoms with Gasteiger partial charge < -0.3 is 15.2 Å². The minimum Gasteiger partial charge on any atom is -0.496 e. The molecule has 0 saturated heterocycles. The first-order valence-electron chi connectivity index (χ1n) is 7.17. The first-order valence-corrected chi connectivity index (χ1v) is 7.17. The largest absolute Gasteiger partial charge is 0.496 e. The van der Waals surface area contributed by atoms with Gasteiger partial charge in [0.2, 0.25) is 0 Å². The van der Waals surface area contributed by atoms with Crippen LogP contribution in [0.25, 0.3) is 11.3 Å². The van der Waals surface area contributed by atoms with Crippen LogP contribution in [-0.4, -0.2) is 28.6 Å². The van der Waals surface area contributed by atoms with Crippen molar-refractivity contribution in [3.05, 3.63) is 24.3 Å². The third-order valence-corrected chi connectivity index (χ3v) is 3.04. The molecule has 0 aliphatic heterocycles. The average molecular weight is 318 g/mol. The number of nitrogen functional groups attached to an aromatic ring is 1. The number of rotatable bonds is 3. The van der Waals surface area contributed by atoms with Gasteiger partial charge in [-0.1, -0.05) is 0 Å². The van der Waals surface area contributed by atoms with E-state index < -0.39 is 11.7 Å². The molecule has 1 aromatic heterocycles. The molecule has 2 aromatic rings. The Balaban J connectivity index is 2.30. The molecule has 7 nitrogen and oxygen atoms in total. The quantitative estimate of drug-likeness (QED) is 0.907. The molecule has 0 saturated carbocycles. The summed E-state index contributed by atoms with van der Waals surface area (Å²) in [6, 6.07) is 7.01. The van der Waals surface area contributed by atoms with Gasteiger partial charge in [-0.2, -0.15) is 5.10 Å². The fraction of sp³-hybridized carbons (Fsp3) is 0.375. The highest BCUT2D eigenvalue weighted by atomic mass is 16.6. The predicted molar refractivity (Wildman–Crippen MR) is 89.5 cm³/mol. The maximum atomic E-state index is 11.9. The fourth-order valence-electron chi connectivity index (χ4n) is 2.02. The number of aromatic nitrogens is 2. The Morgan fingerprint density at radius 1 is 1.30 bits per heavy atom. The van der Waals surface area contributed by atoms with Gasteiger partial charge in [0.05, 0.1) is 12.8 Å². The molecule has 3 N–H and O–H groups in total. The zero-order valence-electron chi connectivity index (χ0n) is 14.0. The summed E-state index contributed by atoms with van der Waals surface area (Å²) in [5, 5.41) is 7.04. The van der Waals surface area contributed by atoms with Crippen LogP contribution < -0.4 is 15.8 Å². The first-order chi connectivity index (χ1) is 10.7. The van der Waals surface area contributed by atoms with Crippen LogP contribution in [-0.2, 0) is 11.8 Å². The molecule has 0 atom stereocenters. The molecule has 7 heteroatoms. The van der Waals surface area contributed by atoms with E-state index in [0.717, 1.165) is 5.56 Å². The lowest BCUT2D eigenvalue weighted by molar-refractivity contribution is 0.0636. The average Bonchev–Trinajstić information content (AvgIpc) is 2.76. The second kappa shape index (κ2) is 6.20. The molecule has 0 aliphatic rings. The second-order valence-electron chi connectivity index (χ2n) is 6.12. The summed E-state index contributed by atoms with van der Waals surface area (Å²) in [5.74, 6) is 1.17. The van der Waals surface area contributed by atoms with Crippen molar-refractivity contribution in [3.63, 3.8) is 0 Å². The molecule has 0 spiro atoms. The molecule has 2 rings (SSSR count). The number of amides is 1. The van der Waals surface area contributed by atoms with Gasteiger partial charge in [0.15, 0.2) is 0 Å². The van der Waals surface area contributed by atoms with Crippen LogP contribution in [0, 0.1) is 0 Å². The molecule has 124 valence electrons. The van der Waals surface area contributed by atoms with E-state index in [1.807, 2.05) is 20.8 Å². The monoisotopic (exact) mass is 318 g/mol. The first kappa shape index (κ1) is 16.7. The van der Waals surface area contributed by atoms with Gasteiger partial charge in [-0.05, 0) is 39.0 Å². The molecular weight excluding hydrogens is 296 g/mol. The van der Waals surface area contributed by atoms with E-state index in [9.17, 15) is 4.79 Å². The Morgan fingerprint density at radius 2 is 2.00 bits per heavy atom. The normalized spacial score (nSPS) is 11.2. The zero-order valence-corrected chi connectivity index (χ0v) is 14.0. The Bertz CT molecular complexity index is 697. The van der Waals surface area contributed by atoms with Crippen LogP contribution in [0.15, 0.2) is 24.3 Å². The van der Waals surface area contributed by atoms with E-state index in [1.165, 1.54) is 0 Å². The van der Waals surface area contributed by atoms with Crippen molar-refractivity contribution < 1.29 is 14.3 Å². The standard InChI is InChI=1S/C16H22N4O3/c1-16(2,3)23-15(21)18-10-6-7-13(22-5)11(8-10)12-9-14(17)20(4)19-12/h6-9H,17H2,1-5H3,(H,18,21). The Hall–Kier alpha value is -2.70. The topological polar surface area (TPSA) is 91.4 Å². The van der Waals surface area contributed by atoms with Gasteiger partial charge >= 0.3 is 6.09 Å². The van der Waals surface area contributed by atoms with Crippen LogP contribution in [0.2, 0.25) is 0 Å². The van der Waals surface area contributed by atoms with E-state index in [0.29, 0.717) is 22.9 Å². The Morgan fingerprint density at radius 3 is 2.52 bits per heavy atom. The predicted octanol–water partition coefficient (Wildman–Crippen LogP) is 3.02. The van der Waals surface area contributed by atoms with Crippen LogP contribution in [0.5, 0.6) is 5.75 Å². The summed E-state index contributed by atoms with van der Waals surface area (Å²) in [6.45, 7) is 5.42. The van der Waals surface area contributed by atoms with Gasteiger partial charge in [0.1, 0.15) is 17.2 Å². The minimum atomic E-state index is -0.561. The third kappa shape index (κ3) is 4.15. The minimum absolute atomic E-state index is 0.519. The van der Waals surface area contributed by atoms with Gasteiger partial charge in [-0.3, -0.25) is 10.00 Å². The van der Waals surface area contributed by atoms with Gasteiger partial charge in [-0.15, -0.1) is 0 Å². The molecule has 1 aromatic carbocycles. The number of hydrogen-bond donors (Lipinski definition) is 2. The molecule has 0 fully saturated rings. The van der Waals surface area contributed by atoms with Crippen molar-refractivity contribution in [1.29, 1.82) is 0 Å². The molecule has 1 amide bonds. The van der Waals surface area contributed by atoms with E-state index in [2.05, 4.69) is 10.4 Å². The van der Waals surface area contributed by atoms with Crippen LogP contribution >= 0.6 is 0 Å².